The molecule has 3 aromatic carbocycles. The van der Waals surface area contributed by atoms with Gasteiger partial charge < -0.3 is 14.2 Å². The van der Waals surface area contributed by atoms with Crippen molar-refractivity contribution < 1.29 is 23.0 Å². The van der Waals surface area contributed by atoms with E-state index < -0.39 is 11.6 Å². The SMILES string of the molecule is CC.COc1ccc(-c2cc(-c3ccc(OC)cc3C3CC3)c(F)cc2F)c(OC)c1. The van der Waals surface area contributed by atoms with E-state index in [2.05, 4.69) is 0 Å². The van der Waals surface area contributed by atoms with Gasteiger partial charge in [0.15, 0.2) is 0 Å². The Bertz CT molecular complexity index is 1060. The van der Waals surface area contributed by atoms with Crippen molar-refractivity contribution in [2.24, 2.45) is 0 Å². The fourth-order valence-electron chi connectivity index (χ4n) is 3.63. The van der Waals surface area contributed by atoms with Gasteiger partial charge in [0.2, 0.25) is 0 Å². The minimum Gasteiger partial charge on any atom is -0.497 e. The molecule has 1 fully saturated rings. The van der Waals surface area contributed by atoms with Crippen molar-refractivity contribution in [2.75, 3.05) is 21.3 Å². The number of hydrogen-bond donors (Lipinski definition) is 0. The standard InChI is InChI=1S/C24H22F2O3.C2H6/c1-27-15-6-8-17(19(10-15)14-4-5-14)20-12-21(23(26)13-22(20)25)18-9-7-16(28-2)11-24(18)29-3;1-2/h6-14H,4-5H2,1-3H3;1-2H3. The highest BCUT2D eigenvalue weighted by molar-refractivity contribution is 5.79. The van der Waals surface area contributed by atoms with Crippen LogP contribution in [0.5, 0.6) is 17.2 Å². The number of ether oxygens (including phenoxy) is 3. The largest absolute Gasteiger partial charge is 0.497 e. The highest BCUT2D eigenvalue weighted by atomic mass is 19.1. The topological polar surface area (TPSA) is 27.7 Å². The lowest BCUT2D eigenvalue weighted by Gasteiger charge is -2.16. The van der Waals surface area contributed by atoms with Crippen molar-refractivity contribution in [1.82, 2.24) is 0 Å². The summed E-state index contributed by atoms with van der Waals surface area (Å²) in [5.41, 5.74) is 2.97. The van der Waals surface area contributed by atoms with Gasteiger partial charge in [-0.05, 0) is 60.2 Å². The van der Waals surface area contributed by atoms with Crippen LogP contribution in [0, 0.1) is 11.6 Å². The molecule has 0 amide bonds. The number of methoxy groups -OCH3 is 3. The number of benzene rings is 3. The highest BCUT2D eigenvalue weighted by Gasteiger charge is 2.28. The van der Waals surface area contributed by atoms with Crippen molar-refractivity contribution in [2.45, 2.75) is 32.6 Å². The molecule has 0 N–H and O–H groups in total. The van der Waals surface area contributed by atoms with Gasteiger partial charge in [-0.15, -0.1) is 0 Å². The molecule has 0 aromatic heterocycles. The quantitative estimate of drug-likeness (QED) is 0.416. The predicted molar refractivity (Wildman–Crippen MR) is 120 cm³/mol. The third-order valence-corrected chi connectivity index (χ3v) is 5.32. The van der Waals surface area contributed by atoms with E-state index in [9.17, 15) is 8.78 Å². The molecule has 3 aromatic rings. The molecule has 3 nitrogen and oxygen atoms in total. The molecule has 0 saturated heterocycles. The fourth-order valence-corrected chi connectivity index (χ4v) is 3.63. The summed E-state index contributed by atoms with van der Waals surface area (Å²) in [7, 11) is 4.67. The third-order valence-electron chi connectivity index (χ3n) is 5.32. The van der Waals surface area contributed by atoms with E-state index in [1.165, 1.54) is 7.11 Å². The molecule has 31 heavy (non-hydrogen) atoms. The minimum atomic E-state index is -0.642. The average molecular weight is 427 g/mol. The maximum Gasteiger partial charge on any atom is 0.134 e. The van der Waals surface area contributed by atoms with Gasteiger partial charge in [0.25, 0.3) is 0 Å². The van der Waals surface area contributed by atoms with Crippen LogP contribution in [0.4, 0.5) is 8.78 Å². The molecule has 164 valence electrons. The van der Waals surface area contributed by atoms with Gasteiger partial charge in [0, 0.05) is 28.8 Å². The smallest absolute Gasteiger partial charge is 0.134 e. The molecule has 0 heterocycles. The Hall–Kier alpha value is -3.08. The zero-order valence-corrected chi connectivity index (χ0v) is 18.6. The van der Waals surface area contributed by atoms with Gasteiger partial charge in [-0.3, -0.25) is 0 Å². The molecule has 0 spiro atoms. The molecule has 0 aliphatic heterocycles. The number of halogens is 2. The first-order chi connectivity index (χ1) is 15.0. The predicted octanol–water partition coefficient (Wildman–Crippen LogP) is 7.23. The van der Waals surface area contributed by atoms with E-state index in [-0.39, 0.29) is 5.56 Å². The summed E-state index contributed by atoms with van der Waals surface area (Å²) in [6.45, 7) is 4.00. The first kappa shape index (κ1) is 22.6. The van der Waals surface area contributed by atoms with Crippen molar-refractivity contribution in [3.8, 4) is 39.5 Å². The summed E-state index contributed by atoms with van der Waals surface area (Å²) in [6.07, 6.45) is 2.12. The van der Waals surface area contributed by atoms with Crippen LogP contribution >= 0.6 is 0 Å². The Balaban J connectivity index is 0.00000132. The fraction of sp³-hybridized carbons (Fsp3) is 0.308. The van der Waals surface area contributed by atoms with Crippen molar-refractivity contribution in [3.05, 3.63) is 65.7 Å². The van der Waals surface area contributed by atoms with Crippen LogP contribution in [0.1, 0.15) is 38.2 Å². The first-order valence-corrected chi connectivity index (χ1v) is 10.5. The molecule has 0 radical (unpaired) electrons. The van der Waals surface area contributed by atoms with Crippen LogP contribution in [0.3, 0.4) is 0 Å². The molecule has 0 atom stereocenters. The minimum absolute atomic E-state index is 0.276. The molecule has 1 aliphatic carbocycles. The number of hydrogen-bond acceptors (Lipinski definition) is 3. The molecule has 1 aliphatic rings. The lowest BCUT2D eigenvalue weighted by atomic mass is 9.92. The van der Waals surface area contributed by atoms with Crippen LogP contribution < -0.4 is 14.2 Å². The van der Waals surface area contributed by atoms with Crippen molar-refractivity contribution in [3.63, 3.8) is 0 Å². The molecule has 4 rings (SSSR count). The van der Waals surface area contributed by atoms with Crippen LogP contribution in [-0.2, 0) is 0 Å². The second-order valence-corrected chi connectivity index (χ2v) is 7.11. The molecular weight excluding hydrogens is 398 g/mol. The monoisotopic (exact) mass is 426 g/mol. The summed E-state index contributed by atoms with van der Waals surface area (Å²) in [4.78, 5) is 0. The molecular formula is C26H28F2O3. The van der Waals surface area contributed by atoms with Crippen molar-refractivity contribution >= 4 is 0 Å². The van der Waals surface area contributed by atoms with Gasteiger partial charge in [-0.1, -0.05) is 19.9 Å². The Labute approximate surface area is 182 Å². The van der Waals surface area contributed by atoms with E-state index >= 15 is 0 Å². The maximum absolute atomic E-state index is 14.9. The van der Waals surface area contributed by atoms with E-state index in [0.717, 1.165) is 35.8 Å². The molecule has 0 unspecified atom stereocenters. The summed E-state index contributed by atoms with van der Waals surface area (Å²) in [5, 5.41) is 0. The van der Waals surface area contributed by atoms with Crippen LogP contribution in [0.15, 0.2) is 48.5 Å². The maximum atomic E-state index is 14.9. The summed E-state index contributed by atoms with van der Waals surface area (Å²) < 4.78 is 45.6. The van der Waals surface area contributed by atoms with E-state index in [0.29, 0.717) is 28.5 Å². The second kappa shape index (κ2) is 9.82. The van der Waals surface area contributed by atoms with Gasteiger partial charge >= 0.3 is 0 Å². The van der Waals surface area contributed by atoms with Crippen LogP contribution in [0.25, 0.3) is 22.3 Å². The lowest BCUT2D eigenvalue weighted by Crippen LogP contribution is -1.97. The Morgan fingerprint density at radius 3 is 1.74 bits per heavy atom. The first-order valence-electron chi connectivity index (χ1n) is 10.5. The Morgan fingerprint density at radius 2 is 1.19 bits per heavy atom. The number of rotatable bonds is 6. The molecule has 5 heteroatoms. The van der Waals surface area contributed by atoms with Crippen LogP contribution in [-0.4, -0.2) is 21.3 Å². The van der Waals surface area contributed by atoms with E-state index in [1.54, 1.807) is 44.6 Å². The highest BCUT2D eigenvalue weighted by Crippen LogP contribution is 2.47. The Morgan fingerprint density at radius 1 is 0.645 bits per heavy atom. The van der Waals surface area contributed by atoms with Gasteiger partial charge in [0.05, 0.1) is 21.3 Å². The van der Waals surface area contributed by atoms with Gasteiger partial charge in [0.1, 0.15) is 28.9 Å². The normalized spacial score (nSPS) is 12.6. The zero-order chi connectivity index (χ0) is 22.5. The zero-order valence-electron chi connectivity index (χ0n) is 18.6. The van der Waals surface area contributed by atoms with Gasteiger partial charge in [-0.2, -0.15) is 0 Å². The summed E-state index contributed by atoms with van der Waals surface area (Å²) in [6, 6.07) is 13.2. The average Bonchev–Trinajstić information content (AvgIpc) is 3.65. The lowest BCUT2D eigenvalue weighted by molar-refractivity contribution is 0.395. The molecule has 1 saturated carbocycles. The Kier molecular flexibility index (Phi) is 7.16. The van der Waals surface area contributed by atoms with Crippen LogP contribution in [0.2, 0.25) is 0 Å². The molecule has 0 bridgehead atoms. The summed E-state index contributed by atoms with van der Waals surface area (Å²) in [5.74, 6) is 0.929. The van der Waals surface area contributed by atoms with Crippen molar-refractivity contribution in [1.29, 1.82) is 0 Å². The summed E-state index contributed by atoms with van der Waals surface area (Å²) >= 11 is 0. The van der Waals surface area contributed by atoms with Gasteiger partial charge in [-0.25, -0.2) is 8.78 Å². The third kappa shape index (κ3) is 4.66. The van der Waals surface area contributed by atoms with E-state index in [1.807, 2.05) is 26.0 Å². The second-order valence-electron chi connectivity index (χ2n) is 7.11. The van der Waals surface area contributed by atoms with E-state index in [4.69, 9.17) is 14.2 Å².